The van der Waals surface area contributed by atoms with E-state index in [1.54, 1.807) is 24.1 Å². The zero-order valence-corrected chi connectivity index (χ0v) is 12.2. The molecule has 0 fully saturated rings. The van der Waals surface area contributed by atoms with Crippen molar-refractivity contribution in [3.05, 3.63) is 29.3 Å². The first kappa shape index (κ1) is 15.8. The number of halogens is 1. The highest BCUT2D eigenvalue weighted by atomic mass is 35.5. The Morgan fingerprint density at radius 2 is 2.26 bits per heavy atom. The van der Waals surface area contributed by atoms with Crippen LogP contribution < -0.4 is 10.1 Å². The minimum Gasteiger partial charge on any atom is -0.492 e. The Balaban J connectivity index is 2.23. The summed E-state index contributed by atoms with van der Waals surface area (Å²) in [7, 11) is 1.79. The van der Waals surface area contributed by atoms with Gasteiger partial charge in [-0.1, -0.05) is 24.6 Å². The number of nitrogens with zero attached hydrogens (tertiary/aromatic N) is 1. The average Bonchev–Trinajstić information content (AvgIpc) is 2.39. The van der Waals surface area contributed by atoms with E-state index in [1.807, 2.05) is 19.1 Å². The molecule has 5 heteroatoms. The lowest BCUT2D eigenvalue weighted by Crippen LogP contribution is -2.33. The fraction of sp³-hybridized carbons (Fsp3) is 0.500. The summed E-state index contributed by atoms with van der Waals surface area (Å²) in [6.07, 6.45) is 0.515. The van der Waals surface area contributed by atoms with Crippen molar-refractivity contribution in [1.29, 1.82) is 0 Å². The highest BCUT2D eigenvalue weighted by Crippen LogP contribution is 2.16. The maximum Gasteiger partial charge on any atom is 0.223 e. The largest absolute Gasteiger partial charge is 0.492 e. The van der Waals surface area contributed by atoms with Gasteiger partial charge in [-0.3, -0.25) is 4.79 Å². The van der Waals surface area contributed by atoms with Gasteiger partial charge in [0.05, 0.1) is 6.54 Å². The van der Waals surface area contributed by atoms with Gasteiger partial charge in [0.2, 0.25) is 5.91 Å². The summed E-state index contributed by atoms with van der Waals surface area (Å²) in [4.78, 5) is 13.4. The molecule has 1 aromatic carbocycles. The van der Waals surface area contributed by atoms with Crippen molar-refractivity contribution in [2.75, 3.05) is 33.3 Å². The second-order valence-electron chi connectivity index (χ2n) is 4.22. The molecule has 0 unspecified atom stereocenters. The predicted molar refractivity (Wildman–Crippen MR) is 77.7 cm³/mol. The molecule has 106 valence electrons. The molecule has 1 amide bonds. The van der Waals surface area contributed by atoms with Crippen molar-refractivity contribution in [2.24, 2.45) is 0 Å². The lowest BCUT2D eigenvalue weighted by atomic mass is 10.3. The Kier molecular flexibility index (Phi) is 7.30. The van der Waals surface area contributed by atoms with Gasteiger partial charge < -0.3 is 15.0 Å². The molecule has 0 aromatic heterocycles. The van der Waals surface area contributed by atoms with Crippen molar-refractivity contribution in [2.45, 2.75) is 13.3 Å². The number of amides is 1. The number of carbonyl (C=O) groups is 1. The topological polar surface area (TPSA) is 41.6 Å². The first-order valence-corrected chi connectivity index (χ1v) is 6.84. The van der Waals surface area contributed by atoms with Crippen LogP contribution in [-0.4, -0.2) is 44.1 Å². The van der Waals surface area contributed by atoms with E-state index < -0.39 is 0 Å². The van der Waals surface area contributed by atoms with E-state index in [4.69, 9.17) is 16.3 Å². The molecule has 0 saturated heterocycles. The second-order valence-corrected chi connectivity index (χ2v) is 4.66. The van der Waals surface area contributed by atoms with E-state index in [0.717, 1.165) is 18.8 Å². The number of hydrogen-bond acceptors (Lipinski definition) is 3. The van der Waals surface area contributed by atoms with Crippen LogP contribution in [0.2, 0.25) is 5.02 Å². The van der Waals surface area contributed by atoms with E-state index in [-0.39, 0.29) is 5.91 Å². The van der Waals surface area contributed by atoms with Gasteiger partial charge in [-0.15, -0.1) is 0 Å². The Morgan fingerprint density at radius 3 is 2.95 bits per heavy atom. The van der Waals surface area contributed by atoms with Gasteiger partial charge >= 0.3 is 0 Å². The Hall–Kier alpha value is -1.26. The number of rotatable bonds is 8. The molecule has 0 heterocycles. The molecular formula is C14H21ClN2O2. The fourth-order valence-electron chi connectivity index (χ4n) is 1.54. The third kappa shape index (κ3) is 6.45. The monoisotopic (exact) mass is 284 g/mol. The molecule has 0 spiro atoms. The highest BCUT2D eigenvalue weighted by molar-refractivity contribution is 6.30. The van der Waals surface area contributed by atoms with Crippen LogP contribution in [0.4, 0.5) is 0 Å². The fourth-order valence-corrected chi connectivity index (χ4v) is 1.73. The third-order valence-corrected chi connectivity index (χ3v) is 2.92. The molecule has 0 radical (unpaired) electrons. The zero-order valence-electron chi connectivity index (χ0n) is 11.5. The highest BCUT2D eigenvalue weighted by Gasteiger charge is 2.07. The minimum absolute atomic E-state index is 0.121. The average molecular weight is 285 g/mol. The van der Waals surface area contributed by atoms with Crippen molar-refractivity contribution in [3.63, 3.8) is 0 Å². The first-order valence-electron chi connectivity index (χ1n) is 6.46. The zero-order chi connectivity index (χ0) is 14.1. The SMILES string of the molecule is CCNCCC(=O)N(C)CCOc1cccc(Cl)c1. The van der Waals surface area contributed by atoms with Crippen molar-refractivity contribution in [1.82, 2.24) is 10.2 Å². The quantitative estimate of drug-likeness (QED) is 0.744. The van der Waals surface area contributed by atoms with Crippen LogP contribution in [0.15, 0.2) is 24.3 Å². The normalized spacial score (nSPS) is 10.3. The summed E-state index contributed by atoms with van der Waals surface area (Å²) >= 11 is 5.86. The summed E-state index contributed by atoms with van der Waals surface area (Å²) < 4.78 is 5.54. The molecule has 1 N–H and O–H groups in total. The maximum absolute atomic E-state index is 11.7. The van der Waals surface area contributed by atoms with Crippen LogP contribution in [0, 0.1) is 0 Å². The molecule has 1 aromatic rings. The first-order chi connectivity index (χ1) is 9.13. The van der Waals surface area contributed by atoms with Gasteiger partial charge in [-0.05, 0) is 24.7 Å². The van der Waals surface area contributed by atoms with Gasteiger partial charge in [0.15, 0.2) is 0 Å². The van der Waals surface area contributed by atoms with Gasteiger partial charge in [-0.2, -0.15) is 0 Å². The molecule has 0 atom stereocenters. The number of hydrogen-bond donors (Lipinski definition) is 1. The number of likely N-dealkylation sites (N-methyl/N-ethyl adjacent to an activating group) is 1. The lowest BCUT2D eigenvalue weighted by molar-refractivity contribution is -0.130. The van der Waals surface area contributed by atoms with E-state index in [9.17, 15) is 4.79 Å². The van der Waals surface area contributed by atoms with E-state index in [0.29, 0.717) is 24.6 Å². The summed E-state index contributed by atoms with van der Waals surface area (Å²) in [5, 5.41) is 3.77. The molecule has 0 aliphatic carbocycles. The number of benzene rings is 1. The Bertz CT molecular complexity index is 399. The number of carbonyl (C=O) groups excluding carboxylic acids is 1. The van der Waals surface area contributed by atoms with Crippen LogP contribution in [-0.2, 0) is 4.79 Å². The third-order valence-electron chi connectivity index (χ3n) is 2.68. The maximum atomic E-state index is 11.7. The van der Waals surface area contributed by atoms with Crippen molar-refractivity contribution >= 4 is 17.5 Å². The standard InChI is InChI=1S/C14H21ClN2O2/c1-3-16-8-7-14(18)17(2)9-10-19-13-6-4-5-12(15)11-13/h4-6,11,16H,3,7-10H2,1-2H3. The van der Waals surface area contributed by atoms with Crippen molar-refractivity contribution in [3.8, 4) is 5.75 Å². The molecule has 19 heavy (non-hydrogen) atoms. The van der Waals surface area contributed by atoms with E-state index in [2.05, 4.69) is 5.32 Å². The van der Waals surface area contributed by atoms with Crippen molar-refractivity contribution < 1.29 is 9.53 Å². The Morgan fingerprint density at radius 1 is 1.47 bits per heavy atom. The van der Waals surface area contributed by atoms with Gasteiger partial charge in [0.1, 0.15) is 12.4 Å². The Labute approximate surface area is 119 Å². The molecular weight excluding hydrogens is 264 g/mol. The van der Waals surface area contributed by atoms with Gasteiger partial charge in [-0.25, -0.2) is 0 Å². The molecule has 0 aliphatic rings. The second kappa shape index (κ2) is 8.77. The van der Waals surface area contributed by atoms with Crippen LogP contribution in [0.5, 0.6) is 5.75 Å². The van der Waals surface area contributed by atoms with Gasteiger partial charge in [0, 0.05) is 25.0 Å². The number of nitrogens with one attached hydrogen (secondary N) is 1. The predicted octanol–water partition coefficient (Wildman–Crippen LogP) is 2.18. The summed E-state index contributed by atoms with van der Waals surface area (Å²) in [6, 6.07) is 7.24. The molecule has 0 saturated carbocycles. The molecule has 1 rings (SSSR count). The van der Waals surface area contributed by atoms with Crippen LogP contribution >= 0.6 is 11.6 Å². The smallest absolute Gasteiger partial charge is 0.223 e. The van der Waals surface area contributed by atoms with E-state index >= 15 is 0 Å². The number of ether oxygens (including phenoxy) is 1. The lowest BCUT2D eigenvalue weighted by Gasteiger charge is -2.17. The molecule has 0 bridgehead atoms. The summed E-state index contributed by atoms with van der Waals surface area (Å²) in [6.45, 7) is 4.65. The minimum atomic E-state index is 0.121. The summed E-state index contributed by atoms with van der Waals surface area (Å²) in [5.41, 5.74) is 0. The molecule has 0 aliphatic heterocycles. The van der Waals surface area contributed by atoms with Gasteiger partial charge in [0.25, 0.3) is 0 Å². The van der Waals surface area contributed by atoms with E-state index in [1.165, 1.54) is 0 Å². The van der Waals surface area contributed by atoms with Crippen LogP contribution in [0.25, 0.3) is 0 Å². The van der Waals surface area contributed by atoms with Crippen LogP contribution in [0.3, 0.4) is 0 Å². The summed E-state index contributed by atoms with van der Waals surface area (Å²) in [5.74, 6) is 0.844. The van der Waals surface area contributed by atoms with Crippen LogP contribution in [0.1, 0.15) is 13.3 Å². The molecule has 4 nitrogen and oxygen atoms in total.